The van der Waals surface area contributed by atoms with Gasteiger partial charge in [0.05, 0.1) is 22.3 Å². The van der Waals surface area contributed by atoms with Gasteiger partial charge >= 0.3 is 12.3 Å². The highest BCUT2D eigenvalue weighted by molar-refractivity contribution is 5.88. The molecule has 1 saturated carbocycles. The molecular weight excluding hydrogens is 437 g/mol. The lowest BCUT2D eigenvalue weighted by molar-refractivity contribution is -0.136. The van der Waals surface area contributed by atoms with Gasteiger partial charge in [0.15, 0.2) is 0 Å². The van der Waals surface area contributed by atoms with Gasteiger partial charge in [-0.05, 0) is 52.5 Å². The normalized spacial score (nSPS) is 22.9. The fourth-order valence-electron chi connectivity index (χ4n) is 4.87. The van der Waals surface area contributed by atoms with Crippen molar-refractivity contribution in [3.05, 3.63) is 29.5 Å². The number of ether oxygens (including phenoxy) is 1. The lowest BCUT2D eigenvalue weighted by Crippen LogP contribution is -2.44. The van der Waals surface area contributed by atoms with Crippen LogP contribution in [0.2, 0.25) is 0 Å². The van der Waals surface area contributed by atoms with Crippen LogP contribution in [0, 0.1) is 17.8 Å². The number of para-hydroxylation sites is 1. The molecule has 1 aliphatic carbocycles. The highest BCUT2D eigenvalue weighted by Gasteiger charge is 2.61. The average molecular weight is 467 g/mol. The smallest absolute Gasteiger partial charge is 0.418 e. The minimum atomic E-state index is -4.51. The molecule has 2 amide bonds. The number of hydrogen-bond acceptors (Lipinski definition) is 4. The first-order valence-corrected chi connectivity index (χ1v) is 10.9. The summed E-state index contributed by atoms with van der Waals surface area (Å²) in [5, 5.41) is 7.67. The first kappa shape index (κ1) is 23.4. The summed E-state index contributed by atoms with van der Waals surface area (Å²) in [7, 11) is 1.47. The SMILES string of the molecule is Cn1nc(C(C)(C)NC(=O)C2C3CN(C(=O)OC(C)(C)C)CC32)c2cccc(C(F)(F)F)c21. The molecule has 7 nitrogen and oxygen atoms in total. The number of likely N-dealkylation sites (tertiary alicyclic amines) is 1. The number of alkyl halides is 3. The van der Waals surface area contributed by atoms with E-state index in [0.717, 1.165) is 6.07 Å². The Kier molecular flexibility index (Phi) is 5.22. The molecule has 4 rings (SSSR count). The van der Waals surface area contributed by atoms with E-state index in [-0.39, 0.29) is 35.3 Å². The maximum atomic E-state index is 13.5. The van der Waals surface area contributed by atoms with Crippen molar-refractivity contribution in [2.45, 2.75) is 51.9 Å². The van der Waals surface area contributed by atoms with Crippen molar-refractivity contribution in [2.75, 3.05) is 13.1 Å². The zero-order valence-corrected chi connectivity index (χ0v) is 19.6. The highest BCUT2D eigenvalue weighted by atomic mass is 19.4. The number of nitrogens with zero attached hydrogens (tertiary/aromatic N) is 3. The summed E-state index contributed by atoms with van der Waals surface area (Å²) in [6.45, 7) is 9.80. The molecule has 2 unspecified atom stereocenters. The van der Waals surface area contributed by atoms with E-state index < -0.39 is 22.9 Å². The first-order valence-electron chi connectivity index (χ1n) is 10.9. The third-order valence-corrected chi connectivity index (χ3v) is 6.35. The van der Waals surface area contributed by atoms with Gasteiger partial charge in [0.2, 0.25) is 5.91 Å². The minimum absolute atomic E-state index is 0.0152. The quantitative estimate of drug-likeness (QED) is 0.740. The van der Waals surface area contributed by atoms with Crippen LogP contribution in [0.25, 0.3) is 10.9 Å². The van der Waals surface area contributed by atoms with Gasteiger partial charge < -0.3 is 15.0 Å². The summed E-state index contributed by atoms with van der Waals surface area (Å²) in [6, 6.07) is 3.97. The summed E-state index contributed by atoms with van der Waals surface area (Å²) >= 11 is 0. The third-order valence-electron chi connectivity index (χ3n) is 6.35. The first-order chi connectivity index (χ1) is 15.1. The van der Waals surface area contributed by atoms with Gasteiger partial charge in [0, 0.05) is 31.4 Å². The second-order valence-electron chi connectivity index (χ2n) is 10.5. The number of halogens is 3. The van der Waals surface area contributed by atoms with E-state index >= 15 is 0 Å². The van der Waals surface area contributed by atoms with Crippen LogP contribution >= 0.6 is 0 Å². The van der Waals surface area contributed by atoms with E-state index in [1.165, 1.54) is 17.8 Å². The number of benzene rings is 1. The van der Waals surface area contributed by atoms with Crippen LogP contribution in [0.1, 0.15) is 45.9 Å². The van der Waals surface area contributed by atoms with Gasteiger partial charge in [-0.1, -0.05) is 12.1 Å². The number of piperidine rings is 1. The van der Waals surface area contributed by atoms with Gasteiger partial charge in [0.25, 0.3) is 0 Å². The summed E-state index contributed by atoms with van der Waals surface area (Å²) in [5.41, 5.74) is -1.97. The molecule has 1 N–H and O–H groups in total. The molecule has 0 bridgehead atoms. The summed E-state index contributed by atoms with van der Waals surface area (Å²) in [4.78, 5) is 26.9. The maximum Gasteiger partial charge on any atom is 0.418 e. The third kappa shape index (κ3) is 4.27. The number of carbonyl (C=O) groups excluding carboxylic acids is 2. The highest BCUT2D eigenvalue weighted by Crippen LogP contribution is 2.52. The van der Waals surface area contributed by atoms with Crippen molar-refractivity contribution in [1.29, 1.82) is 0 Å². The Morgan fingerprint density at radius 1 is 1.09 bits per heavy atom. The Hall–Kier alpha value is -2.78. The molecule has 33 heavy (non-hydrogen) atoms. The number of hydrogen-bond donors (Lipinski definition) is 1. The topological polar surface area (TPSA) is 76.5 Å². The molecule has 1 aromatic carbocycles. The summed E-state index contributed by atoms with van der Waals surface area (Å²) < 4.78 is 47.1. The van der Waals surface area contributed by atoms with Crippen molar-refractivity contribution < 1.29 is 27.5 Å². The second kappa shape index (κ2) is 7.36. The molecule has 180 valence electrons. The number of carbonyl (C=O) groups is 2. The van der Waals surface area contributed by atoms with Crippen LogP contribution in [-0.2, 0) is 28.3 Å². The van der Waals surface area contributed by atoms with Gasteiger partial charge in [0.1, 0.15) is 5.60 Å². The fourth-order valence-corrected chi connectivity index (χ4v) is 4.87. The number of aromatic nitrogens is 2. The van der Waals surface area contributed by atoms with Crippen LogP contribution in [0.4, 0.5) is 18.0 Å². The Morgan fingerprint density at radius 3 is 2.24 bits per heavy atom. The van der Waals surface area contributed by atoms with E-state index in [1.54, 1.807) is 45.6 Å². The number of rotatable bonds is 3. The Bertz CT molecular complexity index is 1100. The largest absolute Gasteiger partial charge is 0.444 e. The molecule has 1 saturated heterocycles. The monoisotopic (exact) mass is 466 g/mol. The Balaban J connectivity index is 1.47. The predicted octanol–water partition coefficient (Wildman–Crippen LogP) is 4.06. The zero-order chi connectivity index (χ0) is 24.5. The van der Waals surface area contributed by atoms with Gasteiger partial charge in [-0.2, -0.15) is 18.3 Å². The molecule has 2 aromatic rings. The van der Waals surface area contributed by atoms with Crippen LogP contribution in [-0.4, -0.2) is 45.4 Å². The molecule has 0 spiro atoms. The predicted molar refractivity (Wildman–Crippen MR) is 115 cm³/mol. The van der Waals surface area contributed by atoms with Crippen molar-refractivity contribution in [2.24, 2.45) is 24.8 Å². The maximum absolute atomic E-state index is 13.5. The van der Waals surface area contributed by atoms with Crippen LogP contribution in [0.15, 0.2) is 18.2 Å². The Labute approximate surface area is 190 Å². The zero-order valence-electron chi connectivity index (χ0n) is 19.6. The molecule has 2 fully saturated rings. The molecule has 2 aliphatic rings. The lowest BCUT2D eigenvalue weighted by Gasteiger charge is -2.27. The van der Waals surface area contributed by atoms with Crippen molar-refractivity contribution >= 4 is 22.9 Å². The lowest BCUT2D eigenvalue weighted by atomic mass is 9.95. The number of fused-ring (bicyclic) bond motifs is 2. The van der Waals surface area contributed by atoms with E-state index in [2.05, 4.69) is 10.4 Å². The molecule has 2 atom stereocenters. The average Bonchev–Trinajstić information content (AvgIpc) is 2.99. The van der Waals surface area contributed by atoms with E-state index in [0.29, 0.717) is 24.2 Å². The van der Waals surface area contributed by atoms with Crippen LogP contribution < -0.4 is 5.32 Å². The van der Waals surface area contributed by atoms with Gasteiger partial charge in [-0.3, -0.25) is 9.48 Å². The molecule has 2 heterocycles. The molecular formula is C23H29F3N4O3. The Morgan fingerprint density at radius 2 is 1.70 bits per heavy atom. The fraction of sp³-hybridized carbons (Fsp3) is 0.609. The number of amides is 2. The minimum Gasteiger partial charge on any atom is -0.444 e. The van der Waals surface area contributed by atoms with E-state index in [9.17, 15) is 22.8 Å². The van der Waals surface area contributed by atoms with Crippen molar-refractivity contribution in [1.82, 2.24) is 20.0 Å². The molecule has 0 radical (unpaired) electrons. The van der Waals surface area contributed by atoms with Crippen molar-refractivity contribution in [3.8, 4) is 0 Å². The van der Waals surface area contributed by atoms with E-state index in [1.807, 2.05) is 0 Å². The van der Waals surface area contributed by atoms with Gasteiger partial charge in [-0.15, -0.1) is 0 Å². The van der Waals surface area contributed by atoms with E-state index in [4.69, 9.17) is 4.74 Å². The summed E-state index contributed by atoms with van der Waals surface area (Å²) in [5.74, 6) is -0.287. The van der Waals surface area contributed by atoms with Gasteiger partial charge in [-0.25, -0.2) is 4.79 Å². The van der Waals surface area contributed by atoms with Crippen LogP contribution in [0.5, 0.6) is 0 Å². The van der Waals surface area contributed by atoms with Crippen molar-refractivity contribution in [3.63, 3.8) is 0 Å². The second-order valence-corrected chi connectivity index (χ2v) is 10.5. The number of aryl methyl sites for hydroxylation is 1. The molecule has 1 aliphatic heterocycles. The standard InChI is InChI=1S/C23H29F3N4O3/c1-21(2,3)33-20(32)30-10-13-14(11-30)16(13)19(31)27-22(4,5)18-12-8-7-9-15(23(24,25)26)17(12)29(6)28-18/h7-9,13-14,16H,10-11H2,1-6H3,(H,27,31). The molecule has 1 aromatic heterocycles. The molecule has 10 heteroatoms. The van der Waals surface area contributed by atoms with Crippen LogP contribution in [0.3, 0.4) is 0 Å². The summed E-state index contributed by atoms with van der Waals surface area (Å²) in [6.07, 6.45) is -4.89. The number of nitrogens with one attached hydrogen (secondary N) is 1.